The predicted molar refractivity (Wildman–Crippen MR) is 155 cm³/mol. The Morgan fingerprint density at radius 1 is 1.07 bits per heavy atom. The molecule has 2 atom stereocenters. The molecule has 3 aromatic rings. The first-order valence-electron chi connectivity index (χ1n) is 13.7. The number of carbonyl (C=O) groups excluding carboxylic acids is 2. The number of hydrogen-bond acceptors (Lipinski definition) is 6. The minimum atomic E-state index is -4.51. The van der Waals surface area contributed by atoms with Gasteiger partial charge >= 0.3 is 12.1 Å². The number of halogens is 4. The summed E-state index contributed by atoms with van der Waals surface area (Å²) in [6, 6.07) is 17.2. The number of hydrazone groups is 1. The second-order valence-electron chi connectivity index (χ2n) is 10.7. The average molecular weight is 597 g/mol. The summed E-state index contributed by atoms with van der Waals surface area (Å²) in [4.78, 5) is 30.9. The number of piperazine rings is 1. The standard InChI is InChI=1S/C31H28ClF3N4O3/c1-3-42-28(40)20-7-10-24(11-8-20)39-29(41)30(19(2)36-39)17-21-15-22(31(33,34)35)9-12-26(21)38-14-13-37(18-27(30)38)25-6-4-5-23(32)16-25/h4-12,15-16,27H,3,13-14,17-18H2,1-2H3/t27-,30-/m0/s1. The average Bonchev–Trinajstić information content (AvgIpc) is 3.22. The summed E-state index contributed by atoms with van der Waals surface area (Å²) in [5.74, 6) is -0.800. The minimum Gasteiger partial charge on any atom is -0.462 e. The van der Waals surface area contributed by atoms with Gasteiger partial charge in [0, 0.05) is 36.0 Å². The number of alkyl halides is 3. The van der Waals surface area contributed by atoms with Crippen molar-refractivity contribution in [3.63, 3.8) is 0 Å². The lowest BCUT2D eigenvalue weighted by Crippen LogP contribution is -2.67. The van der Waals surface area contributed by atoms with Crippen molar-refractivity contribution in [3.8, 4) is 0 Å². The van der Waals surface area contributed by atoms with E-state index < -0.39 is 29.2 Å². The Labute approximate surface area is 246 Å². The summed E-state index contributed by atoms with van der Waals surface area (Å²) >= 11 is 6.28. The van der Waals surface area contributed by atoms with E-state index >= 15 is 0 Å². The molecule has 6 rings (SSSR count). The zero-order valence-corrected chi connectivity index (χ0v) is 23.7. The first-order valence-corrected chi connectivity index (χ1v) is 14.1. The highest BCUT2D eigenvalue weighted by Crippen LogP contribution is 2.49. The first kappa shape index (κ1) is 28.1. The van der Waals surface area contributed by atoms with Crippen molar-refractivity contribution in [2.75, 3.05) is 41.0 Å². The fraction of sp³-hybridized carbons (Fsp3) is 0.323. The Balaban J connectivity index is 1.42. The highest BCUT2D eigenvalue weighted by molar-refractivity contribution is 6.30. The van der Waals surface area contributed by atoms with Gasteiger partial charge in [-0.3, -0.25) is 4.79 Å². The molecule has 3 aromatic carbocycles. The van der Waals surface area contributed by atoms with Gasteiger partial charge in [0.25, 0.3) is 5.91 Å². The molecule has 1 saturated heterocycles. The molecule has 0 aliphatic carbocycles. The zero-order valence-electron chi connectivity index (χ0n) is 23.0. The van der Waals surface area contributed by atoms with Gasteiger partial charge in [-0.25, -0.2) is 4.79 Å². The Morgan fingerprint density at radius 2 is 1.83 bits per heavy atom. The molecule has 0 N–H and O–H groups in total. The second kappa shape index (κ2) is 10.3. The van der Waals surface area contributed by atoms with E-state index in [9.17, 15) is 22.8 Å². The van der Waals surface area contributed by atoms with Crippen LogP contribution in [0.1, 0.15) is 35.3 Å². The predicted octanol–water partition coefficient (Wildman–Crippen LogP) is 6.20. The van der Waals surface area contributed by atoms with Gasteiger partial charge in [-0.2, -0.15) is 23.3 Å². The van der Waals surface area contributed by atoms with Gasteiger partial charge in [0.1, 0.15) is 5.41 Å². The number of ether oxygens (including phenoxy) is 1. The van der Waals surface area contributed by atoms with Gasteiger partial charge in [-0.1, -0.05) is 17.7 Å². The Bertz CT molecular complexity index is 1590. The van der Waals surface area contributed by atoms with Crippen molar-refractivity contribution in [3.05, 3.63) is 88.4 Å². The van der Waals surface area contributed by atoms with E-state index in [1.54, 1.807) is 44.2 Å². The number of benzene rings is 3. The number of nitrogens with zero attached hydrogens (tertiary/aromatic N) is 4. The van der Waals surface area contributed by atoms with Gasteiger partial charge in [0.05, 0.1) is 35.2 Å². The van der Waals surface area contributed by atoms with Gasteiger partial charge < -0.3 is 14.5 Å². The molecule has 0 bridgehead atoms. The number of esters is 1. The van der Waals surface area contributed by atoms with Gasteiger partial charge in [0.15, 0.2) is 0 Å². The van der Waals surface area contributed by atoms with Crippen LogP contribution in [0, 0.1) is 5.41 Å². The number of hydrogen-bond donors (Lipinski definition) is 0. The second-order valence-corrected chi connectivity index (χ2v) is 11.1. The van der Waals surface area contributed by atoms with E-state index in [0.717, 1.165) is 17.8 Å². The maximum atomic E-state index is 14.5. The normalized spacial score (nSPS) is 21.8. The Kier molecular flexibility index (Phi) is 6.92. The van der Waals surface area contributed by atoms with Gasteiger partial charge in [-0.15, -0.1) is 0 Å². The van der Waals surface area contributed by atoms with E-state index in [-0.39, 0.29) is 18.9 Å². The molecule has 3 aliphatic rings. The fourth-order valence-electron chi connectivity index (χ4n) is 6.35. The van der Waals surface area contributed by atoms with E-state index in [1.807, 2.05) is 18.2 Å². The monoisotopic (exact) mass is 596 g/mol. The number of amides is 1. The van der Waals surface area contributed by atoms with Crippen LogP contribution < -0.4 is 14.8 Å². The molecule has 1 fully saturated rings. The van der Waals surface area contributed by atoms with Crippen LogP contribution in [0.5, 0.6) is 0 Å². The molecule has 3 heterocycles. The third kappa shape index (κ3) is 4.58. The number of fused-ring (bicyclic) bond motifs is 4. The Hall–Kier alpha value is -4.05. The quantitative estimate of drug-likeness (QED) is 0.336. The van der Waals surface area contributed by atoms with Crippen LogP contribution in [0.2, 0.25) is 5.02 Å². The maximum absolute atomic E-state index is 14.5. The number of anilines is 3. The van der Waals surface area contributed by atoms with Crippen LogP contribution in [-0.4, -0.2) is 49.9 Å². The van der Waals surface area contributed by atoms with Crippen LogP contribution in [0.25, 0.3) is 0 Å². The third-order valence-electron chi connectivity index (χ3n) is 8.40. The summed E-state index contributed by atoms with van der Waals surface area (Å²) in [6.45, 7) is 5.24. The van der Waals surface area contributed by atoms with Crippen molar-refractivity contribution < 1.29 is 27.5 Å². The lowest BCUT2D eigenvalue weighted by atomic mass is 9.67. The molecule has 11 heteroatoms. The van der Waals surface area contributed by atoms with Gasteiger partial charge in [0.2, 0.25) is 0 Å². The lowest BCUT2D eigenvalue weighted by molar-refractivity contribution is -0.137. The summed E-state index contributed by atoms with van der Waals surface area (Å²) in [5, 5.41) is 6.56. The van der Waals surface area contributed by atoms with Crippen molar-refractivity contribution in [2.24, 2.45) is 10.5 Å². The highest BCUT2D eigenvalue weighted by atomic mass is 35.5. The lowest BCUT2D eigenvalue weighted by Gasteiger charge is -2.53. The molecule has 218 valence electrons. The van der Waals surface area contributed by atoms with Crippen molar-refractivity contribution in [1.82, 2.24) is 0 Å². The van der Waals surface area contributed by atoms with E-state index in [2.05, 4.69) is 14.9 Å². The summed E-state index contributed by atoms with van der Waals surface area (Å²) in [6.07, 6.45) is -4.44. The fourth-order valence-corrected chi connectivity index (χ4v) is 6.53. The molecule has 7 nitrogen and oxygen atoms in total. The van der Waals surface area contributed by atoms with E-state index in [1.165, 1.54) is 11.1 Å². The molecule has 0 aromatic heterocycles. The SMILES string of the molecule is CCOC(=O)c1ccc(N2N=C(C)[C@]3(Cc4cc(C(F)(F)F)ccc4N4CCN(c5cccc(Cl)c5)C[C@H]43)C2=O)cc1. The molecule has 0 saturated carbocycles. The van der Waals surface area contributed by atoms with Crippen LogP contribution in [0.3, 0.4) is 0 Å². The summed E-state index contributed by atoms with van der Waals surface area (Å²) in [7, 11) is 0. The molecule has 0 unspecified atom stereocenters. The molecule has 42 heavy (non-hydrogen) atoms. The van der Waals surface area contributed by atoms with Crippen LogP contribution in [-0.2, 0) is 22.1 Å². The molecule has 1 spiro atoms. The molecule has 1 amide bonds. The molecule has 3 aliphatic heterocycles. The highest BCUT2D eigenvalue weighted by Gasteiger charge is 2.60. The molecular formula is C31H28ClF3N4O3. The van der Waals surface area contributed by atoms with Crippen LogP contribution in [0.15, 0.2) is 71.8 Å². The number of rotatable bonds is 4. The zero-order chi connectivity index (χ0) is 29.8. The van der Waals surface area contributed by atoms with Crippen molar-refractivity contribution in [1.29, 1.82) is 0 Å². The maximum Gasteiger partial charge on any atom is 0.416 e. The van der Waals surface area contributed by atoms with Crippen molar-refractivity contribution >= 4 is 46.3 Å². The summed E-state index contributed by atoms with van der Waals surface area (Å²) in [5.41, 5.74) is 1.40. The van der Waals surface area contributed by atoms with Crippen molar-refractivity contribution in [2.45, 2.75) is 32.5 Å². The smallest absolute Gasteiger partial charge is 0.416 e. The van der Waals surface area contributed by atoms with E-state index in [0.29, 0.717) is 52.9 Å². The summed E-state index contributed by atoms with van der Waals surface area (Å²) < 4.78 is 46.3. The Morgan fingerprint density at radius 3 is 2.52 bits per heavy atom. The van der Waals surface area contributed by atoms with Crippen LogP contribution >= 0.6 is 11.6 Å². The number of carbonyl (C=O) groups is 2. The van der Waals surface area contributed by atoms with Gasteiger partial charge in [-0.05, 0) is 86.5 Å². The minimum absolute atomic E-state index is 0.0718. The topological polar surface area (TPSA) is 65.5 Å². The molecular weight excluding hydrogens is 569 g/mol. The van der Waals surface area contributed by atoms with Crippen LogP contribution in [0.4, 0.5) is 30.2 Å². The first-order chi connectivity index (χ1) is 20.0. The third-order valence-corrected chi connectivity index (χ3v) is 8.64. The van der Waals surface area contributed by atoms with E-state index in [4.69, 9.17) is 16.3 Å². The molecule has 0 radical (unpaired) electrons. The largest absolute Gasteiger partial charge is 0.462 e.